The molecule has 0 aromatic carbocycles. The van der Waals surface area contributed by atoms with Crippen LogP contribution in [0.2, 0.25) is 0 Å². The first kappa shape index (κ1) is 9.80. The highest BCUT2D eigenvalue weighted by Gasteiger charge is 2.32. The molecule has 3 nitrogen and oxygen atoms in total. The standard InChI is InChI=1S/C10H14N2OS/c1-6-8(5-11-2)14-10(12-6)9(13)7-3-4-7/h7,11H,3-5H2,1-2H3. The molecule has 1 heterocycles. The normalized spacial score (nSPS) is 15.9. The average Bonchev–Trinajstić information content (AvgIpc) is 2.93. The van der Waals surface area contributed by atoms with Crippen LogP contribution in [0.4, 0.5) is 0 Å². The summed E-state index contributed by atoms with van der Waals surface area (Å²) < 4.78 is 0. The molecule has 1 N–H and O–H groups in total. The van der Waals surface area contributed by atoms with Gasteiger partial charge in [0.2, 0.25) is 0 Å². The highest BCUT2D eigenvalue weighted by molar-refractivity contribution is 7.13. The zero-order chi connectivity index (χ0) is 10.1. The smallest absolute Gasteiger partial charge is 0.194 e. The number of carbonyl (C=O) groups is 1. The molecule has 76 valence electrons. The van der Waals surface area contributed by atoms with Gasteiger partial charge in [-0.25, -0.2) is 4.98 Å². The van der Waals surface area contributed by atoms with Crippen molar-refractivity contribution < 1.29 is 4.79 Å². The molecule has 1 aromatic heterocycles. The predicted molar refractivity (Wildman–Crippen MR) is 56.7 cm³/mol. The zero-order valence-corrected chi connectivity index (χ0v) is 9.28. The Bertz CT molecular complexity index is 355. The van der Waals surface area contributed by atoms with Gasteiger partial charge in [-0.1, -0.05) is 0 Å². The van der Waals surface area contributed by atoms with Gasteiger partial charge in [0.15, 0.2) is 10.8 Å². The number of aromatic nitrogens is 1. The van der Waals surface area contributed by atoms with E-state index in [0.29, 0.717) is 5.01 Å². The fraction of sp³-hybridized carbons (Fsp3) is 0.600. The molecule has 0 atom stereocenters. The van der Waals surface area contributed by atoms with Gasteiger partial charge in [0.1, 0.15) is 0 Å². The molecule has 0 saturated heterocycles. The van der Waals surface area contributed by atoms with Crippen LogP contribution >= 0.6 is 11.3 Å². The van der Waals surface area contributed by atoms with Crippen molar-refractivity contribution in [3.63, 3.8) is 0 Å². The summed E-state index contributed by atoms with van der Waals surface area (Å²) in [6.45, 7) is 2.77. The van der Waals surface area contributed by atoms with Crippen molar-refractivity contribution in [1.82, 2.24) is 10.3 Å². The Morgan fingerprint density at radius 3 is 2.93 bits per heavy atom. The maximum Gasteiger partial charge on any atom is 0.194 e. The third kappa shape index (κ3) is 1.86. The van der Waals surface area contributed by atoms with Crippen molar-refractivity contribution >= 4 is 17.1 Å². The summed E-state index contributed by atoms with van der Waals surface area (Å²) in [6, 6.07) is 0. The van der Waals surface area contributed by atoms with Crippen LogP contribution < -0.4 is 5.32 Å². The molecule has 4 heteroatoms. The van der Waals surface area contributed by atoms with Crippen LogP contribution in [0, 0.1) is 12.8 Å². The van der Waals surface area contributed by atoms with E-state index >= 15 is 0 Å². The van der Waals surface area contributed by atoms with E-state index in [0.717, 1.165) is 25.1 Å². The first-order valence-electron chi connectivity index (χ1n) is 4.87. The van der Waals surface area contributed by atoms with Crippen molar-refractivity contribution in [1.29, 1.82) is 0 Å². The van der Waals surface area contributed by atoms with Crippen molar-refractivity contribution in [2.75, 3.05) is 7.05 Å². The summed E-state index contributed by atoms with van der Waals surface area (Å²) in [6.07, 6.45) is 2.11. The Balaban J connectivity index is 2.18. The second-order valence-corrected chi connectivity index (χ2v) is 4.78. The molecule has 0 bridgehead atoms. The van der Waals surface area contributed by atoms with Crippen LogP contribution in [-0.2, 0) is 6.54 Å². The summed E-state index contributed by atoms with van der Waals surface area (Å²) in [7, 11) is 1.90. The minimum absolute atomic E-state index is 0.250. The van der Waals surface area contributed by atoms with E-state index in [4.69, 9.17) is 0 Å². The SMILES string of the molecule is CNCc1sc(C(=O)C2CC2)nc1C. The number of hydrogen-bond donors (Lipinski definition) is 1. The van der Waals surface area contributed by atoms with E-state index in [2.05, 4.69) is 10.3 Å². The van der Waals surface area contributed by atoms with Crippen molar-refractivity contribution in [2.24, 2.45) is 5.92 Å². The Morgan fingerprint density at radius 1 is 1.64 bits per heavy atom. The third-order valence-corrected chi connectivity index (χ3v) is 3.56. The fourth-order valence-electron chi connectivity index (χ4n) is 1.38. The molecule has 1 aliphatic rings. The number of nitrogens with zero attached hydrogens (tertiary/aromatic N) is 1. The Labute approximate surface area is 87.6 Å². The summed E-state index contributed by atoms with van der Waals surface area (Å²) in [5.41, 5.74) is 0.994. The molecule has 0 aliphatic heterocycles. The number of nitrogens with one attached hydrogen (secondary N) is 1. The summed E-state index contributed by atoms with van der Waals surface area (Å²) in [4.78, 5) is 17.2. The van der Waals surface area contributed by atoms with Gasteiger partial charge in [0, 0.05) is 17.3 Å². The van der Waals surface area contributed by atoms with Crippen LogP contribution in [0.25, 0.3) is 0 Å². The molecule has 1 fully saturated rings. The number of carbonyl (C=O) groups excluding carboxylic acids is 1. The van der Waals surface area contributed by atoms with Crippen LogP contribution in [0.5, 0.6) is 0 Å². The summed E-state index contributed by atoms with van der Waals surface area (Å²) in [5.74, 6) is 0.531. The van der Waals surface area contributed by atoms with Crippen molar-refractivity contribution in [2.45, 2.75) is 26.3 Å². The van der Waals surface area contributed by atoms with Gasteiger partial charge in [-0.15, -0.1) is 11.3 Å². The van der Waals surface area contributed by atoms with Gasteiger partial charge >= 0.3 is 0 Å². The van der Waals surface area contributed by atoms with Crippen molar-refractivity contribution in [3.8, 4) is 0 Å². The Hall–Kier alpha value is -0.740. The van der Waals surface area contributed by atoms with Crippen LogP contribution in [0.15, 0.2) is 0 Å². The fourth-order valence-corrected chi connectivity index (χ4v) is 2.47. The zero-order valence-electron chi connectivity index (χ0n) is 8.46. The lowest BCUT2D eigenvalue weighted by Gasteiger charge is -1.93. The maximum atomic E-state index is 11.7. The molecule has 1 saturated carbocycles. The topological polar surface area (TPSA) is 42.0 Å². The van der Waals surface area contributed by atoms with Gasteiger partial charge < -0.3 is 5.32 Å². The molecular formula is C10H14N2OS. The minimum Gasteiger partial charge on any atom is -0.315 e. The number of Topliss-reactive ketones (excluding diaryl/α,β-unsaturated/α-hetero) is 1. The Kier molecular flexibility index (Phi) is 2.65. The lowest BCUT2D eigenvalue weighted by molar-refractivity contribution is 0.0967. The monoisotopic (exact) mass is 210 g/mol. The minimum atomic E-state index is 0.250. The van der Waals surface area contributed by atoms with Gasteiger partial charge in [0.05, 0.1) is 5.69 Å². The third-order valence-electron chi connectivity index (χ3n) is 2.39. The van der Waals surface area contributed by atoms with Crippen molar-refractivity contribution in [3.05, 3.63) is 15.6 Å². The Morgan fingerprint density at radius 2 is 2.36 bits per heavy atom. The second kappa shape index (κ2) is 3.79. The molecule has 0 amide bonds. The molecule has 2 rings (SSSR count). The molecule has 0 unspecified atom stereocenters. The second-order valence-electron chi connectivity index (χ2n) is 3.70. The van der Waals surface area contributed by atoms with E-state index in [9.17, 15) is 4.79 Å². The molecule has 14 heavy (non-hydrogen) atoms. The van der Waals surface area contributed by atoms with E-state index in [1.54, 1.807) is 0 Å². The van der Waals surface area contributed by atoms with Gasteiger partial charge in [0.25, 0.3) is 0 Å². The number of rotatable bonds is 4. The van der Waals surface area contributed by atoms with Gasteiger partial charge in [-0.2, -0.15) is 0 Å². The number of ketones is 1. The van der Waals surface area contributed by atoms with E-state index in [-0.39, 0.29) is 11.7 Å². The number of aryl methyl sites for hydroxylation is 1. The van der Waals surface area contributed by atoms with Crippen LogP contribution in [0.1, 0.15) is 33.2 Å². The lowest BCUT2D eigenvalue weighted by Crippen LogP contribution is -2.04. The van der Waals surface area contributed by atoms with Gasteiger partial charge in [-0.05, 0) is 26.8 Å². The molecule has 1 aliphatic carbocycles. The predicted octanol–water partition coefficient (Wildman–Crippen LogP) is 1.76. The molecule has 0 spiro atoms. The van der Waals surface area contributed by atoms with E-state index in [1.807, 2.05) is 14.0 Å². The number of hydrogen-bond acceptors (Lipinski definition) is 4. The van der Waals surface area contributed by atoms with Crippen LogP contribution in [0.3, 0.4) is 0 Å². The van der Waals surface area contributed by atoms with E-state index in [1.165, 1.54) is 16.2 Å². The lowest BCUT2D eigenvalue weighted by atomic mass is 10.3. The first-order valence-corrected chi connectivity index (χ1v) is 5.69. The summed E-state index contributed by atoms with van der Waals surface area (Å²) in [5, 5.41) is 3.78. The van der Waals surface area contributed by atoms with Gasteiger partial charge in [-0.3, -0.25) is 4.79 Å². The highest BCUT2D eigenvalue weighted by atomic mass is 32.1. The maximum absolute atomic E-state index is 11.7. The molecule has 1 aromatic rings. The first-order chi connectivity index (χ1) is 6.72. The van der Waals surface area contributed by atoms with Crippen LogP contribution in [-0.4, -0.2) is 17.8 Å². The quantitative estimate of drug-likeness (QED) is 0.770. The highest BCUT2D eigenvalue weighted by Crippen LogP contribution is 2.34. The molecule has 0 radical (unpaired) electrons. The largest absolute Gasteiger partial charge is 0.315 e. The summed E-state index contributed by atoms with van der Waals surface area (Å²) >= 11 is 1.54. The molecular weight excluding hydrogens is 196 g/mol. The number of thiazole rings is 1. The average molecular weight is 210 g/mol. The van der Waals surface area contributed by atoms with E-state index < -0.39 is 0 Å².